The molecule has 1 aromatic rings. The van der Waals surface area contributed by atoms with Crippen molar-refractivity contribution in [2.75, 3.05) is 0 Å². The first kappa shape index (κ1) is 12.1. The van der Waals surface area contributed by atoms with Crippen LogP contribution in [0.3, 0.4) is 0 Å². The summed E-state index contributed by atoms with van der Waals surface area (Å²) in [5.41, 5.74) is 5.91. The van der Waals surface area contributed by atoms with E-state index in [1.807, 2.05) is 12.1 Å². The fourth-order valence-corrected chi connectivity index (χ4v) is 3.85. The molecule has 0 aliphatic heterocycles. The van der Waals surface area contributed by atoms with E-state index in [1.54, 1.807) is 12.1 Å². The van der Waals surface area contributed by atoms with Crippen LogP contribution in [0, 0.1) is 0 Å². The van der Waals surface area contributed by atoms with Gasteiger partial charge in [-0.25, -0.2) is 0 Å². The van der Waals surface area contributed by atoms with Gasteiger partial charge in [-0.2, -0.15) is 0 Å². The number of hydrogen-bond acceptors (Lipinski definition) is 2. The molecule has 1 aliphatic carbocycles. The Kier molecular flexibility index (Phi) is 4.00. The van der Waals surface area contributed by atoms with Crippen molar-refractivity contribution in [3.8, 4) is 0 Å². The zero-order valence-electron chi connectivity index (χ0n) is 9.06. The monoisotopic (exact) mass is 257 g/mol. The molecule has 0 amide bonds. The number of benzene rings is 1. The van der Waals surface area contributed by atoms with Gasteiger partial charge in [0.05, 0.1) is 10.8 Å². The average Bonchev–Trinajstić information content (AvgIpc) is 2.29. The van der Waals surface area contributed by atoms with Crippen LogP contribution in [0.15, 0.2) is 29.2 Å². The molecular weight excluding hydrogens is 242 g/mol. The lowest BCUT2D eigenvalue weighted by Gasteiger charge is -2.25. The molecule has 2 N–H and O–H groups in total. The van der Waals surface area contributed by atoms with Gasteiger partial charge in [0.1, 0.15) is 0 Å². The second-order valence-corrected chi connectivity index (χ2v) is 6.47. The summed E-state index contributed by atoms with van der Waals surface area (Å²) in [6.07, 6.45) is 4.04. The number of rotatable bonds is 2. The first-order chi connectivity index (χ1) is 7.66. The SMILES string of the molecule is NC1CCCC(S(=O)c2ccc(Cl)cc2)C1. The van der Waals surface area contributed by atoms with E-state index >= 15 is 0 Å². The largest absolute Gasteiger partial charge is 0.328 e. The molecule has 3 unspecified atom stereocenters. The Labute approximate surface area is 104 Å². The van der Waals surface area contributed by atoms with Crippen molar-refractivity contribution in [3.63, 3.8) is 0 Å². The molecule has 2 nitrogen and oxygen atoms in total. The second kappa shape index (κ2) is 5.30. The Morgan fingerprint density at radius 3 is 2.56 bits per heavy atom. The van der Waals surface area contributed by atoms with Crippen molar-refractivity contribution in [1.29, 1.82) is 0 Å². The lowest BCUT2D eigenvalue weighted by Crippen LogP contribution is -2.33. The lowest BCUT2D eigenvalue weighted by molar-refractivity contribution is 0.444. The van der Waals surface area contributed by atoms with E-state index in [-0.39, 0.29) is 11.3 Å². The number of nitrogens with two attached hydrogens (primary N) is 1. The van der Waals surface area contributed by atoms with E-state index in [0.717, 1.165) is 30.6 Å². The van der Waals surface area contributed by atoms with E-state index in [4.69, 9.17) is 17.3 Å². The second-order valence-electron chi connectivity index (χ2n) is 4.30. The fourth-order valence-electron chi connectivity index (χ4n) is 2.14. The van der Waals surface area contributed by atoms with E-state index < -0.39 is 10.8 Å². The zero-order chi connectivity index (χ0) is 11.5. The van der Waals surface area contributed by atoms with Crippen molar-refractivity contribution in [2.24, 2.45) is 5.73 Å². The topological polar surface area (TPSA) is 43.1 Å². The fraction of sp³-hybridized carbons (Fsp3) is 0.500. The van der Waals surface area contributed by atoms with Crippen LogP contribution >= 0.6 is 11.6 Å². The average molecular weight is 258 g/mol. The minimum Gasteiger partial charge on any atom is -0.328 e. The van der Waals surface area contributed by atoms with E-state index in [1.165, 1.54) is 0 Å². The molecule has 1 aromatic carbocycles. The number of hydrogen-bond donors (Lipinski definition) is 1. The molecule has 0 spiro atoms. The maximum Gasteiger partial charge on any atom is 0.0561 e. The summed E-state index contributed by atoms with van der Waals surface area (Å²) in [5, 5.41) is 0.894. The zero-order valence-corrected chi connectivity index (χ0v) is 10.6. The quantitative estimate of drug-likeness (QED) is 0.885. The highest BCUT2D eigenvalue weighted by Crippen LogP contribution is 2.25. The van der Waals surface area contributed by atoms with Gasteiger partial charge in [0.15, 0.2) is 0 Å². The van der Waals surface area contributed by atoms with Crippen LogP contribution in [0.1, 0.15) is 25.7 Å². The summed E-state index contributed by atoms with van der Waals surface area (Å²) in [5.74, 6) is 0. The summed E-state index contributed by atoms with van der Waals surface area (Å²) >= 11 is 5.81. The molecule has 3 atom stereocenters. The van der Waals surface area contributed by atoms with E-state index in [9.17, 15) is 4.21 Å². The Balaban J connectivity index is 2.09. The molecule has 1 saturated carbocycles. The standard InChI is InChI=1S/C12H16ClNOS/c13-9-4-6-11(7-5-9)16(15)12-3-1-2-10(14)8-12/h4-7,10,12H,1-3,8,14H2. The Bertz CT molecular complexity index is 379. The van der Waals surface area contributed by atoms with Crippen molar-refractivity contribution in [2.45, 2.75) is 41.9 Å². The molecule has 16 heavy (non-hydrogen) atoms. The van der Waals surface area contributed by atoms with Gasteiger partial charge in [-0.3, -0.25) is 4.21 Å². The van der Waals surface area contributed by atoms with Crippen molar-refractivity contribution < 1.29 is 4.21 Å². The maximum atomic E-state index is 12.3. The van der Waals surface area contributed by atoms with Crippen LogP contribution in [0.5, 0.6) is 0 Å². The molecule has 0 aromatic heterocycles. The van der Waals surface area contributed by atoms with E-state index in [2.05, 4.69) is 0 Å². The smallest absolute Gasteiger partial charge is 0.0561 e. The predicted octanol–water partition coefficient (Wildman–Crippen LogP) is 2.72. The molecule has 0 heterocycles. The molecule has 0 saturated heterocycles. The van der Waals surface area contributed by atoms with Crippen LogP contribution in [0.4, 0.5) is 0 Å². The number of halogens is 1. The van der Waals surface area contributed by atoms with Gasteiger partial charge in [0.25, 0.3) is 0 Å². The summed E-state index contributed by atoms with van der Waals surface area (Å²) in [6.45, 7) is 0. The summed E-state index contributed by atoms with van der Waals surface area (Å²) in [7, 11) is -0.937. The predicted molar refractivity (Wildman–Crippen MR) is 68.1 cm³/mol. The van der Waals surface area contributed by atoms with Crippen molar-refractivity contribution in [1.82, 2.24) is 0 Å². The van der Waals surface area contributed by atoms with Gasteiger partial charge in [0, 0.05) is 21.2 Å². The van der Waals surface area contributed by atoms with Gasteiger partial charge in [-0.05, 0) is 43.5 Å². The third-order valence-electron chi connectivity index (χ3n) is 3.02. The van der Waals surface area contributed by atoms with Crippen LogP contribution < -0.4 is 5.73 Å². The molecular formula is C12H16ClNOS. The first-order valence-corrected chi connectivity index (χ1v) is 7.17. The van der Waals surface area contributed by atoms with Gasteiger partial charge in [-0.1, -0.05) is 18.0 Å². The Hall–Kier alpha value is -0.380. The molecule has 4 heteroatoms. The maximum absolute atomic E-state index is 12.3. The van der Waals surface area contributed by atoms with Gasteiger partial charge < -0.3 is 5.73 Å². The Morgan fingerprint density at radius 1 is 1.25 bits per heavy atom. The van der Waals surface area contributed by atoms with Crippen LogP contribution in [0.25, 0.3) is 0 Å². The van der Waals surface area contributed by atoms with Crippen LogP contribution in [-0.2, 0) is 10.8 Å². The van der Waals surface area contributed by atoms with E-state index in [0.29, 0.717) is 5.02 Å². The minimum atomic E-state index is -0.937. The van der Waals surface area contributed by atoms with Crippen LogP contribution in [0.2, 0.25) is 5.02 Å². The highest BCUT2D eigenvalue weighted by molar-refractivity contribution is 7.85. The Morgan fingerprint density at radius 2 is 1.94 bits per heavy atom. The third-order valence-corrected chi connectivity index (χ3v) is 5.04. The van der Waals surface area contributed by atoms with Gasteiger partial charge >= 0.3 is 0 Å². The molecule has 1 fully saturated rings. The van der Waals surface area contributed by atoms with Crippen molar-refractivity contribution in [3.05, 3.63) is 29.3 Å². The lowest BCUT2D eigenvalue weighted by atomic mass is 9.96. The molecule has 0 bridgehead atoms. The summed E-state index contributed by atoms with van der Waals surface area (Å²) < 4.78 is 12.3. The normalized spacial score (nSPS) is 27.6. The summed E-state index contributed by atoms with van der Waals surface area (Å²) in [4.78, 5) is 0.864. The highest BCUT2D eigenvalue weighted by atomic mass is 35.5. The molecule has 2 rings (SSSR count). The minimum absolute atomic E-state index is 0.213. The first-order valence-electron chi connectivity index (χ1n) is 5.58. The van der Waals surface area contributed by atoms with Gasteiger partial charge in [0.2, 0.25) is 0 Å². The molecule has 88 valence electrons. The third kappa shape index (κ3) is 2.84. The van der Waals surface area contributed by atoms with Crippen molar-refractivity contribution >= 4 is 22.4 Å². The molecule has 0 radical (unpaired) electrons. The molecule has 1 aliphatic rings. The summed E-state index contributed by atoms with van der Waals surface area (Å²) in [6, 6.07) is 7.49. The van der Waals surface area contributed by atoms with Crippen LogP contribution in [-0.4, -0.2) is 15.5 Å². The highest BCUT2D eigenvalue weighted by Gasteiger charge is 2.24. The van der Waals surface area contributed by atoms with Gasteiger partial charge in [-0.15, -0.1) is 0 Å².